The molecule has 0 saturated carbocycles. The van der Waals surface area contributed by atoms with Gasteiger partial charge in [0.2, 0.25) is 5.91 Å². The Balaban J connectivity index is 2.69. The van der Waals surface area contributed by atoms with Crippen molar-refractivity contribution in [3.63, 3.8) is 0 Å². The second kappa shape index (κ2) is 6.05. The quantitative estimate of drug-likeness (QED) is 0.884. The summed E-state index contributed by atoms with van der Waals surface area (Å²) in [4.78, 5) is 23.4. The predicted octanol–water partition coefficient (Wildman–Crippen LogP) is 1.73. The van der Waals surface area contributed by atoms with Crippen LogP contribution < -0.4 is 10.5 Å². The van der Waals surface area contributed by atoms with Gasteiger partial charge in [0.15, 0.2) is 0 Å². The molecule has 1 aromatic carbocycles. The summed E-state index contributed by atoms with van der Waals surface area (Å²) in [5.41, 5.74) is 6.08. The molecular weight excluding hydrogens is 232 g/mol. The number of likely N-dealkylation sites (N-methyl/N-ethyl adjacent to an activating group) is 1. The van der Waals surface area contributed by atoms with E-state index in [1.54, 1.807) is 12.1 Å². The first-order valence-electron chi connectivity index (χ1n) is 5.71. The van der Waals surface area contributed by atoms with Gasteiger partial charge in [-0.1, -0.05) is 26.0 Å². The summed E-state index contributed by atoms with van der Waals surface area (Å²) in [7, 11) is 1.46. The Morgan fingerprint density at radius 3 is 2.61 bits per heavy atom. The van der Waals surface area contributed by atoms with Gasteiger partial charge < -0.3 is 15.4 Å². The molecule has 0 unspecified atom stereocenters. The van der Waals surface area contributed by atoms with Crippen LogP contribution in [0, 0.1) is 0 Å². The number of hydrogen-bond acceptors (Lipinski definition) is 3. The summed E-state index contributed by atoms with van der Waals surface area (Å²) in [6, 6.07) is 7.30. The molecule has 0 heterocycles. The number of hydrogen-bond donors (Lipinski definition) is 1. The Morgan fingerprint density at radius 2 is 2.06 bits per heavy atom. The third kappa shape index (κ3) is 4.08. The van der Waals surface area contributed by atoms with Crippen LogP contribution in [-0.4, -0.2) is 30.5 Å². The lowest BCUT2D eigenvalue weighted by atomic mass is 10.0. The molecule has 0 atom stereocenters. The Hall–Kier alpha value is -2.04. The van der Waals surface area contributed by atoms with Gasteiger partial charge in [0.25, 0.3) is 0 Å². The van der Waals surface area contributed by atoms with Gasteiger partial charge in [-0.05, 0) is 23.6 Å². The maximum absolute atomic E-state index is 11.6. The molecular formula is C13H18N2O3. The molecule has 2 amide bonds. The molecule has 0 saturated heterocycles. The van der Waals surface area contributed by atoms with Crippen molar-refractivity contribution in [2.75, 3.05) is 13.6 Å². The minimum atomic E-state index is -0.602. The van der Waals surface area contributed by atoms with E-state index in [2.05, 4.69) is 13.8 Å². The number of carbonyl (C=O) groups is 2. The third-order valence-corrected chi connectivity index (χ3v) is 2.43. The monoisotopic (exact) mass is 250 g/mol. The van der Waals surface area contributed by atoms with Crippen molar-refractivity contribution < 1.29 is 14.3 Å². The first-order valence-corrected chi connectivity index (χ1v) is 5.71. The van der Waals surface area contributed by atoms with Gasteiger partial charge in [-0.15, -0.1) is 0 Å². The van der Waals surface area contributed by atoms with Crippen LogP contribution >= 0.6 is 0 Å². The minimum Gasteiger partial charge on any atom is -0.410 e. The van der Waals surface area contributed by atoms with Crippen LogP contribution in [0.1, 0.15) is 25.3 Å². The molecule has 0 aliphatic carbocycles. The summed E-state index contributed by atoms with van der Waals surface area (Å²) >= 11 is 0. The Kier molecular flexibility index (Phi) is 4.71. The molecule has 0 aromatic heterocycles. The highest BCUT2D eigenvalue weighted by atomic mass is 16.6. The second-order valence-corrected chi connectivity index (χ2v) is 4.42. The summed E-state index contributed by atoms with van der Waals surface area (Å²) in [6.07, 6.45) is -0.602. The van der Waals surface area contributed by atoms with E-state index in [0.717, 1.165) is 10.5 Å². The molecule has 0 fully saturated rings. The highest BCUT2D eigenvalue weighted by Crippen LogP contribution is 2.20. The van der Waals surface area contributed by atoms with Crippen molar-refractivity contribution in [1.82, 2.24) is 4.90 Å². The standard InChI is InChI=1S/C13H18N2O3/c1-9(2)10-5-4-6-11(7-10)18-13(17)15(3)8-12(14)16/h4-7,9H,8H2,1-3H3,(H2,14,16). The van der Waals surface area contributed by atoms with Crippen molar-refractivity contribution in [3.8, 4) is 5.75 Å². The summed E-state index contributed by atoms with van der Waals surface area (Å²) in [6.45, 7) is 3.95. The summed E-state index contributed by atoms with van der Waals surface area (Å²) < 4.78 is 5.15. The van der Waals surface area contributed by atoms with E-state index in [1.807, 2.05) is 12.1 Å². The van der Waals surface area contributed by atoms with Crippen molar-refractivity contribution >= 4 is 12.0 Å². The van der Waals surface area contributed by atoms with Crippen LogP contribution in [0.25, 0.3) is 0 Å². The zero-order valence-electron chi connectivity index (χ0n) is 10.8. The van der Waals surface area contributed by atoms with Gasteiger partial charge in [0, 0.05) is 7.05 Å². The predicted molar refractivity (Wildman–Crippen MR) is 68.4 cm³/mol. The number of primary amides is 1. The topological polar surface area (TPSA) is 72.6 Å². The fourth-order valence-corrected chi connectivity index (χ4v) is 1.41. The van der Waals surface area contributed by atoms with Crippen LogP contribution in [-0.2, 0) is 4.79 Å². The van der Waals surface area contributed by atoms with Gasteiger partial charge in [-0.25, -0.2) is 4.79 Å². The zero-order chi connectivity index (χ0) is 13.7. The number of ether oxygens (including phenoxy) is 1. The SMILES string of the molecule is CC(C)c1cccc(OC(=O)N(C)CC(N)=O)c1. The fraction of sp³-hybridized carbons (Fsp3) is 0.385. The average Bonchev–Trinajstić information content (AvgIpc) is 2.28. The van der Waals surface area contributed by atoms with E-state index < -0.39 is 12.0 Å². The molecule has 0 aliphatic rings. The molecule has 5 heteroatoms. The maximum Gasteiger partial charge on any atom is 0.415 e. The van der Waals surface area contributed by atoms with E-state index in [-0.39, 0.29) is 6.54 Å². The van der Waals surface area contributed by atoms with Crippen molar-refractivity contribution in [2.24, 2.45) is 5.73 Å². The molecule has 1 rings (SSSR count). The number of nitrogens with two attached hydrogens (primary N) is 1. The smallest absolute Gasteiger partial charge is 0.410 e. The summed E-state index contributed by atoms with van der Waals surface area (Å²) in [5, 5.41) is 0. The van der Waals surface area contributed by atoms with Gasteiger partial charge in [-0.3, -0.25) is 4.79 Å². The first kappa shape index (κ1) is 14.0. The van der Waals surface area contributed by atoms with Gasteiger partial charge in [0.1, 0.15) is 12.3 Å². The molecule has 0 aliphatic heterocycles. The Bertz CT molecular complexity index is 444. The first-order chi connectivity index (χ1) is 8.40. The van der Waals surface area contributed by atoms with Gasteiger partial charge in [0.05, 0.1) is 0 Å². The molecule has 0 bridgehead atoms. The van der Waals surface area contributed by atoms with Crippen LogP contribution in [0.2, 0.25) is 0 Å². The zero-order valence-corrected chi connectivity index (χ0v) is 10.8. The summed E-state index contributed by atoms with van der Waals surface area (Å²) in [5.74, 6) is 0.236. The lowest BCUT2D eigenvalue weighted by Gasteiger charge is -2.15. The Morgan fingerprint density at radius 1 is 1.39 bits per heavy atom. The maximum atomic E-state index is 11.6. The van der Waals surface area contributed by atoms with Crippen molar-refractivity contribution in [3.05, 3.63) is 29.8 Å². The molecule has 1 aromatic rings. The van der Waals surface area contributed by atoms with Crippen LogP contribution in [0.3, 0.4) is 0 Å². The van der Waals surface area contributed by atoms with E-state index in [1.165, 1.54) is 7.05 Å². The number of amides is 2. The van der Waals surface area contributed by atoms with Crippen LogP contribution in [0.5, 0.6) is 5.75 Å². The third-order valence-electron chi connectivity index (χ3n) is 2.43. The molecule has 2 N–H and O–H groups in total. The average molecular weight is 250 g/mol. The second-order valence-electron chi connectivity index (χ2n) is 4.42. The van der Waals surface area contributed by atoms with E-state index >= 15 is 0 Å². The lowest BCUT2D eigenvalue weighted by molar-refractivity contribution is -0.118. The number of nitrogens with zero attached hydrogens (tertiary/aromatic N) is 1. The number of carbonyl (C=O) groups excluding carboxylic acids is 2. The van der Waals surface area contributed by atoms with Crippen LogP contribution in [0.15, 0.2) is 24.3 Å². The number of benzene rings is 1. The fourth-order valence-electron chi connectivity index (χ4n) is 1.41. The van der Waals surface area contributed by atoms with Crippen molar-refractivity contribution in [1.29, 1.82) is 0 Å². The van der Waals surface area contributed by atoms with Crippen LogP contribution in [0.4, 0.5) is 4.79 Å². The normalized spacial score (nSPS) is 10.2. The lowest BCUT2D eigenvalue weighted by Crippen LogP contribution is -2.37. The molecule has 0 spiro atoms. The van der Waals surface area contributed by atoms with Gasteiger partial charge >= 0.3 is 6.09 Å². The van der Waals surface area contributed by atoms with Gasteiger partial charge in [-0.2, -0.15) is 0 Å². The van der Waals surface area contributed by atoms with Crippen molar-refractivity contribution in [2.45, 2.75) is 19.8 Å². The highest BCUT2D eigenvalue weighted by Gasteiger charge is 2.13. The van der Waals surface area contributed by atoms with E-state index in [0.29, 0.717) is 11.7 Å². The Labute approximate surface area is 107 Å². The molecule has 5 nitrogen and oxygen atoms in total. The minimum absolute atomic E-state index is 0.164. The number of rotatable bonds is 4. The van der Waals surface area contributed by atoms with E-state index in [9.17, 15) is 9.59 Å². The van der Waals surface area contributed by atoms with E-state index in [4.69, 9.17) is 10.5 Å². The molecule has 0 radical (unpaired) electrons. The molecule has 98 valence electrons. The highest BCUT2D eigenvalue weighted by molar-refractivity contribution is 5.81. The molecule has 18 heavy (non-hydrogen) atoms. The largest absolute Gasteiger partial charge is 0.415 e.